The summed E-state index contributed by atoms with van der Waals surface area (Å²) >= 11 is 0. The summed E-state index contributed by atoms with van der Waals surface area (Å²) < 4.78 is 7.21. The SMILES string of the molecule is COc1nc(/C=C/c2ccccc2)c2ncn(-c3ccccc3)c2n1. The number of hydrogen-bond donors (Lipinski definition) is 0. The van der Waals surface area contributed by atoms with Crippen LogP contribution in [0.4, 0.5) is 0 Å². The molecule has 0 N–H and O–H groups in total. The normalized spacial score (nSPS) is 11.2. The summed E-state index contributed by atoms with van der Waals surface area (Å²) in [6.45, 7) is 0. The highest BCUT2D eigenvalue weighted by Gasteiger charge is 2.13. The molecule has 0 bridgehead atoms. The number of para-hydroxylation sites is 1. The summed E-state index contributed by atoms with van der Waals surface area (Å²) in [5, 5.41) is 0. The molecular weight excluding hydrogens is 312 g/mol. The van der Waals surface area contributed by atoms with Crippen LogP contribution in [0.5, 0.6) is 6.01 Å². The quantitative estimate of drug-likeness (QED) is 0.568. The van der Waals surface area contributed by atoms with Crippen LogP contribution >= 0.6 is 0 Å². The van der Waals surface area contributed by atoms with Crippen LogP contribution in [0.15, 0.2) is 67.0 Å². The van der Waals surface area contributed by atoms with Crippen LogP contribution in [0.2, 0.25) is 0 Å². The molecular formula is C20H16N4O. The van der Waals surface area contributed by atoms with E-state index in [0.717, 1.165) is 22.5 Å². The van der Waals surface area contributed by atoms with Gasteiger partial charge in [0, 0.05) is 5.69 Å². The zero-order valence-corrected chi connectivity index (χ0v) is 13.7. The highest BCUT2D eigenvalue weighted by atomic mass is 16.5. The first kappa shape index (κ1) is 15.1. The van der Waals surface area contributed by atoms with Crippen molar-refractivity contribution in [2.75, 3.05) is 7.11 Å². The van der Waals surface area contributed by atoms with Crippen molar-refractivity contribution in [3.63, 3.8) is 0 Å². The molecule has 2 heterocycles. The first-order chi connectivity index (χ1) is 12.3. The molecule has 0 atom stereocenters. The number of rotatable bonds is 4. The average Bonchev–Trinajstić information content (AvgIpc) is 3.11. The maximum absolute atomic E-state index is 5.28. The van der Waals surface area contributed by atoms with E-state index in [-0.39, 0.29) is 0 Å². The summed E-state index contributed by atoms with van der Waals surface area (Å²) in [4.78, 5) is 13.4. The molecule has 2 aromatic heterocycles. The Kier molecular flexibility index (Phi) is 3.96. The predicted molar refractivity (Wildman–Crippen MR) is 98.6 cm³/mol. The zero-order valence-electron chi connectivity index (χ0n) is 13.7. The van der Waals surface area contributed by atoms with E-state index in [1.165, 1.54) is 0 Å². The van der Waals surface area contributed by atoms with Gasteiger partial charge in [-0.3, -0.25) is 4.57 Å². The molecule has 0 saturated heterocycles. The van der Waals surface area contributed by atoms with Crippen LogP contribution in [0.1, 0.15) is 11.3 Å². The van der Waals surface area contributed by atoms with Crippen molar-refractivity contribution in [1.29, 1.82) is 0 Å². The number of methoxy groups -OCH3 is 1. The largest absolute Gasteiger partial charge is 0.467 e. The van der Waals surface area contributed by atoms with Crippen molar-refractivity contribution in [2.45, 2.75) is 0 Å². The monoisotopic (exact) mass is 328 g/mol. The minimum atomic E-state index is 0.317. The average molecular weight is 328 g/mol. The highest BCUT2D eigenvalue weighted by Crippen LogP contribution is 2.22. The van der Waals surface area contributed by atoms with Gasteiger partial charge in [0.25, 0.3) is 0 Å². The maximum Gasteiger partial charge on any atom is 0.318 e. The van der Waals surface area contributed by atoms with Crippen LogP contribution in [0.3, 0.4) is 0 Å². The molecule has 5 nitrogen and oxygen atoms in total. The molecule has 0 spiro atoms. The molecule has 0 saturated carbocycles. The van der Waals surface area contributed by atoms with Crippen LogP contribution in [0, 0.1) is 0 Å². The molecule has 0 aliphatic carbocycles. The molecule has 0 radical (unpaired) electrons. The van der Waals surface area contributed by atoms with Gasteiger partial charge in [-0.15, -0.1) is 0 Å². The lowest BCUT2D eigenvalue weighted by Gasteiger charge is -2.05. The first-order valence-corrected chi connectivity index (χ1v) is 7.93. The van der Waals surface area contributed by atoms with Crippen molar-refractivity contribution in [2.24, 2.45) is 0 Å². The van der Waals surface area contributed by atoms with Crippen molar-refractivity contribution in [3.05, 3.63) is 78.2 Å². The minimum absolute atomic E-state index is 0.317. The van der Waals surface area contributed by atoms with Gasteiger partial charge in [-0.2, -0.15) is 9.97 Å². The zero-order chi connectivity index (χ0) is 17.1. The summed E-state index contributed by atoms with van der Waals surface area (Å²) in [6.07, 6.45) is 5.70. The van der Waals surface area contributed by atoms with E-state index in [0.29, 0.717) is 11.7 Å². The fraction of sp³-hybridized carbons (Fsp3) is 0.0500. The van der Waals surface area contributed by atoms with E-state index >= 15 is 0 Å². The fourth-order valence-corrected chi connectivity index (χ4v) is 2.63. The third-order valence-corrected chi connectivity index (χ3v) is 3.85. The second-order valence-electron chi connectivity index (χ2n) is 5.46. The number of aromatic nitrogens is 4. The first-order valence-electron chi connectivity index (χ1n) is 7.93. The second-order valence-corrected chi connectivity index (χ2v) is 5.46. The molecule has 4 aromatic rings. The van der Waals surface area contributed by atoms with Crippen LogP contribution < -0.4 is 4.74 Å². The number of fused-ring (bicyclic) bond motifs is 1. The van der Waals surface area contributed by atoms with Gasteiger partial charge < -0.3 is 4.74 Å². The van der Waals surface area contributed by atoms with Crippen molar-refractivity contribution in [1.82, 2.24) is 19.5 Å². The lowest BCUT2D eigenvalue weighted by Crippen LogP contribution is -1.99. The van der Waals surface area contributed by atoms with E-state index < -0.39 is 0 Å². The Bertz CT molecular complexity index is 1020. The van der Waals surface area contributed by atoms with Crippen molar-refractivity contribution < 1.29 is 4.74 Å². The predicted octanol–water partition coefficient (Wildman–Crippen LogP) is 3.99. The van der Waals surface area contributed by atoms with Gasteiger partial charge in [0.2, 0.25) is 0 Å². The van der Waals surface area contributed by atoms with E-state index in [2.05, 4.69) is 15.0 Å². The Morgan fingerprint density at radius 2 is 1.60 bits per heavy atom. The Hall–Kier alpha value is -3.47. The molecule has 0 aliphatic heterocycles. The lowest BCUT2D eigenvalue weighted by molar-refractivity contribution is 0.381. The third kappa shape index (κ3) is 2.99. The standard InChI is InChI=1S/C20H16N4O/c1-25-20-22-17(13-12-15-8-4-2-5-9-15)18-19(23-20)24(14-21-18)16-10-6-3-7-11-16/h2-14H,1H3/b13-12+. The Balaban J connectivity index is 1.85. The Labute approximate surface area is 145 Å². The fourth-order valence-electron chi connectivity index (χ4n) is 2.63. The van der Waals surface area contributed by atoms with Crippen LogP contribution in [-0.4, -0.2) is 26.6 Å². The molecule has 0 amide bonds. The Morgan fingerprint density at radius 1 is 0.880 bits per heavy atom. The van der Waals surface area contributed by atoms with Gasteiger partial charge in [0.05, 0.1) is 12.8 Å². The summed E-state index contributed by atoms with van der Waals surface area (Å²) in [5.41, 5.74) is 4.25. The second kappa shape index (κ2) is 6.57. The van der Waals surface area contributed by atoms with Gasteiger partial charge in [-0.25, -0.2) is 4.98 Å². The summed E-state index contributed by atoms with van der Waals surface area (Å²) in [6, 6.07) is 20.3. The summed E-state index contributed by atoms with van der Waals surface area (Å²) in [7, 11) is 1.56. The highest BCUT2D eigenvalue weighted by molar-refractivity contribution is 5.85. The van der Waals surface area contributed by atoms with Crippen molar-refractivity contribution >= 4 is 23.3 Å². The number of nitrogens with zero attached hydrogens (tertiary/aromatic N) is 4. The molecule has 0 fully saturated rings. The number of benzene rings is 2. The van der Waals surface area contributed by atoms with Gasteiger partial charge in [0.15, 0.2) is 5.65 Å². The maximum atomic E-state index is 5.28. The van der Waals surface area contributed by atoms with E-state index in [9.17, 15) is 0 Å². The lowest BCUT2D eigenvalue weighted by atomic mass is 10.2. The van der Waals surface area contributed by atoms with Gasteiger partial charge in [0.1, 0.15) is 11.8 Å². The topological polar surface area (TPSA) is 52.8 Å². The molecule has 4 rings (SSSR count). The molecule has 2 aromatic carbocycles. The minimum Gasteiger partial charge on any atom is -0.467 e. The van der Waals surface area contributed by atoms with Gasteiger partial charge in [-0.1, -0.05) is 54.6 Å². The van der Waals surface area contributed by atoms with Crippen molar-refractivity contribution in [3.8, 4) is 11.7 Å². The number of ether oxygens (including phenoxy) is 1. The van der Waals surface area contributed by atoms with Gasteiger partial charge in [-0.05, 0) is 23.8 Å². The van der Waals surface area contributed by atoms with E-state index in [1.54, 1.807) is 13.4 Å². The number of hydrogen-bond acceptors (Lipinski definition) is 4. The smallest absolute Gasteiger partial charge is 0.318 e. The molecule has 0 unspecified atom stereocenters. The molecule has 122 valence electrons. The molecule has 5 heteroatoms. The van der Waals surface area contributed by atoms with Crippen LogP contribution in [-0.2, 0) is 0 Å². The molecule has 25 heavy (non-hydrogen) atoms. The number of imidazole rings is 1. The van der Waals surface area contributed by atoms with Crippen LogP contribution in [0.25, 0.3) is 29.0 Å². The molecule has 0 aliphatic rings. The van der Waals surface area contributed by atoms with E-state index in [1.807, 2.05) is 77.4 Å². The Morgan fingerprint density at radius 3 is 2.32 bits per heavy atom. The van der Waals surface area contributed by atoms with E-state index in [4.69, 9.17) is 4.74 Å². The van der Waals surface area contributed by atoms with Gasteiger partial charge >= 0.3 is 6.01 Å². The summed E-state index contributed by atoms with van der Waals surface area (Å²) in [5.74, 6) is 0. The third-order valence-electron chi connectivity index (χ3n) is 3.85.